The number of benzene rings is 9. The summed E-state index contributed by atoms with van der Waals surface area (Å²) in [6, 6.07) is 81.0. The van der Waals surface area contributed by atoms with Gasteiger partial charge in [0, 0.05) is 61.0 Å². The third kappa shape index (κ3) is 6.23. The fraction of sp³-hybridized carbons (Fsp3) is 0. The van der Waals surface area contributed by atoms with Crippen molar-refractivity contribution in [2.75, 3.05) is 4.90 Å². The first-order chi connectivity index (χ1) is 31.3. The number of nitrogens with zero attached hydrogens (tertiary/aromatic N) is 6. The van der Waals surface area contributed by atoms with Crippen LogP contribution in [0.5, 0.6) is 0 Å². The number of hydrogen-bond acceptors (Lipinski definition) is 4. The van der Waals surface area contributed by atoms with Gasteiger partial charge in [0.2, 0.25) is 5.95 Å². The zero-order valence-electron chi connectivity index (χ0n) is 34.1. The molecule has 0 aliphatic rings. The van der Waals surface area contributed by atoms with Crippen molar-refractivity contribution in [1.82, 2.24) is 24.1 Å². The van der Waals surface area contributed by atoms with E-state index in [1.165, 1.54) is 21.8 Å². The topological polar surface area (TPSA) is 51.8 Å². The first-order valence-corrected chi connectivity index (χ1v) is 21.2. The van der Waals surface area contributed by atoms with E-state index in [-0.39, 0.29) is 0 Å². The maximum atomic E-state index is 5.20. The monoisotopic (exact) mass is 806 g/mol. The van der Waals surface area contributed by atoms with Crippen LogP contribution < -0.4 is 4.90 Å². The molecule has 0 spiro atoms. The summed E-state index contributed by atoms with van der Waals surface area (Å²) in [5.74, 6) is 1.81. The lowest BCUT2D eigenvalue weighted by molar-refractivity contribution is 0.954. The molecule has 0 unspecified atom stereocenters. The minimum Gasteiger partial charge on any atom is -0.310 e. The van der Waals surface area contributed by atoms with Gasteiger partial charge in [-0.1, -0.05) is 164 Å². The molecule has 0 atom stereocenters. The SMILES string of the molecule is c1ccc(-c2nc(-c3ccccc3)nc(-n3c4ccccc4c4cccc(-c5ccc(N(c6ccccc6)c6ccc7c(c6)c6ccccc6n7-c6ccccc6)cc5)c43)n2)cc1. The number of para-hydroxylation sites is 5. The van der Waals surface area contributed by atoms with Crippen LogP contribution in [0.2, 0.25) is 0 Å². The van der Waals surface area contributed by atoms with Crippen LogP contribution in [-0.4, -0.2) is 24.1 Å². The van der Waals surface area contributed by atoms with Crippen LogP contribution in [0, 0.1) is 0 Å². The first-order valence-electron chi connectivity index (χ1n) is 21.2. The van der Waals surface area contributed by atoms with Gasteiger partial charge in [0.25, 0.3) is 0 Å². The van der Waals surface area contributed by atoms with Crippen molar-refractivity contribution < 1.29 is 0 Å². The molecule has 0 amide bonds. The van der Waals surface area contributed by atoms with E-state index < -0.39 is 0 Å². The third-order valence-electron chi connectivity index (χ3n) is 12.0. The maximum absolute atomic E-state index is 5.20. The molecule has 0 aliphatic carbocycles. The van der Waals surface area contributed by atoms with E-state index in [1.807, 2.05) is 60.7 Å². The molecule has 0 fully saturated rings. The largest absolute Gasteiger partial charge is 0.310 e. The van der Waals surface area contributed by atoms with Gasteiger partial charge in [-0.15, -0.1) is 0 Å². The van der Waals surface area contributed by atoms with Gasteiger partial charge in [-0.25, -0.2) is 4.98 Å². The maximum Gasteiger partial charge on any atom is 0.238 e. The van der Waals surface area contributed by atoms with E-state index in [0.29, 0.717) is 17.6 Å². The minimum atomic E-state index is 0.567. The van der Waals surface area contributed by atoms with Gasteiger partial charge in [0.05, 0.1) is 22.1 Å². The van der Waals surface area contributed by atoms with Crippen molar-refractivity contribution in [3.05, 3.63) is 231 Å². The van der Waals surface area contributed by atoms with Crippen LogP contribution in [0.3, 0.4) is 0 Å². The zero-order chi connectivity index (χ0) is 41.7. The van der Waals surface area contributed by atoms with Crippen LogP contribution in [-0.2, 0) is 0 Å². The summed E-state index contributed by atoms with van der Waals surface area (Å²) >= 11 is 0. The van der Waals surface area contributed by atoms with Gasteiger partial charge in [0.1, 0.15) is 0 Å². The van der Waals surface area contributed by atoms with E-state index in [9.17, 15) is 0 Å². The summed E-state index contributed by atoms with van der Waals surface area (Å²) < 4.78 is 4.57. The molecule has 12 rings (SSSR count). The molecule has 0 radical (unpaired) electrons. The Balaban J connectivity index is 1.02. The second-order valence-electron chi connectivity index (χ2n) is 15.7. The number of fused-ring (bicyclic) bond motifs is 6. The van der Waals surface area contributed by atoms with Gasteiger partial charge < -0.3 is 9.47 Å². The van der Waals surface area contributed by atoms with Crippen molar-refractivity contribution in [2.24, 2.45) is 0 Å². The van der Waals surface area contributed by atoms with Gasteiger partial charge >= 0.3 is 0 Å². The molecular weight excluding hydrogens is 769 g/mol. The predicted octanol–water partition coefficient (Wildman–Crippen LogP) is 14.5. The second-order valence-corrected chi connectivity index (χ2v) is 15.7. The fourth-order valence-corrected chi connectivity index (χ4v) is 9.13. The molecule has 63 heavy (non-hydrogen) atoms. The lowest BCUT2D eigenvalue weighted by atomic mass is 10.0. The first kappa shape index (κ1) is 36.3. The quantitative estimate of drug-likeness (QED) is 0.153. The molecule has 6 nitrogen and oxygen atoms in total. The van der Waals surface area contributed by atoms with E-state index in [4.69, 9.17) is 15.0 Å². The van der Waals surface area contributed by atoms with Crippen molar-refractivity contribution in [3.63, 3.8) is 0 Å². The van der Waals surface area contributed by atoms with Crippen LogP contribution in [0.25, 0.3) is 89.2 Å². The predicted molar refractivity (Wildman–Crippen MR) is 259 cm³/mol. The Morgan fingerprint density at radius 1 is 0.317 bits per heavy atom. The van der Waals surface area contributed by atoms with E-state index in [1.54, 1.807) is 0 Å². The second kappa shape index (κ2) is 15.1. The summed E-state index contributed by atoms with van der Waals surface area (Å²) in [6.07, 6.45) is 0. The fourth-order valence-electron chi connectivity index (χ4n) is 9.13. The molecule has 0 saturated carbocycles. The number of anilines is 3. The van der Waals surface area contributed by atoms with Gasteiger partial charge in [-0.3, -0.25) is 4.57 Å². The highest BCUT2D eigenvalue weighted by atomic mass is 15.2. The van der Waals surface area contributed by atoms with Gasteiger partial charge in [0.15, 0.2) is 11.6 Å². The molecule has 12 aromatic rings. The minimum absolute atomic E-state index is 0.567. The highest BCUT2D eigenvalue weighted by Crippen LogP contribution is 2.42. The molecule has 9 aromatic carbocycles. The highest BCUT2D eigenvalue weighted by molar-refractivity contribution is 6.14. The highest BCUT2D eigenvalue weighted by Gasteiger charge is 2.22. The lowest BCUT2D eigenvalue weighted by Crippen LogP contribution is -2.09. The average Bonchev–Trinajstić information content (AvgIpc) is 3.88. The van der Waals surface area contributed by atoms with Gasteiger partial charge in [-0.05, 0) is 72.3 Å². The van der Waals surface area contributed by atoms with E-state index in [0.717, 1.165) is 66.8 Å². The summed E-state index contributed by atoms with van der Waals surface area (Å²) in [5.41, 5.74) is 12.8. The smallest absolute Gasteiger partial charge is 0.238 e. The standard InChI is InChI=1S/C57H38N6/c1-5-18-40(19-6-1)55-58-56(41-20-7-2-8-21-41)60-57(59-55)63-52-31-16-13-26-47(52)49-29-17-28-46(54(49)63)39-32-34-44(35-33-39)61(42-22-9-3-10-23-42)45-36-37-53-50(38-45)48-27-14-15-30-51(48)62(53)43-24-11-4-12-25-43/h1-38H. The van der Waals surface area contributed by atoms with Gasteiger partial charge in [-0.2, -0.15) is 9.97 Å². The number of aromatic nitrogens is 5. The molecule has 0 bridgehead atoms. The van der Waals surface area contributed by atoms with Crippen LogP contribution in [0.15, 0.2) is 231 Å². The number of hydrogen-bond donors (Lipinski definition) is 0. The Bertz CT molecular complexity index is 3540. The molecule has 3 heterocycles. The van der Waals surface area contributed by atoms with E-state index >= 15 is 0 Å². The number of rotatable bonds is 8. The van der Waals surface area contributed by atoms with Crippen LogP contribution in [0.1, 0.15) is 0 Å². The molecule has 0 aliphatic heterocycles. The molecule has 0 saturated heterocycles. The molecule has 3 aromatic heterocycles. The zero-order valence-corrected chi connectivity index (χ0v) is 34.1. The third-order valence-corrected chi connectivity index (χ3v) is 12.0. The summed E-state index contributed by atoms with van der Waals surface area (Å²) in [5, 5.41) is 4.68. The Morgan fingerprint density at radius 3 is 1.46 bits per heavy atom. The molecule has 6 heteroatoms. The van der Waals surface area contributed by atoms with Crippen LogP contribution >= 0.6 is 0 Å². The van der Waals surface area contributed by atoms with Crippen molar-refractivity contribution in [2.45, 2.75) is 0 Å². The molecule has 296 valence electrons. The van der Waals surface area contributed by atoms with Crippen molar-refractivity contribution in [1.29, 1.82) is 0 Å². The Hall–Kier alpha value is -8.61. The summed E-state index contributed by atoms with van der Waals surface area (Å²) in [6.45, 7) is 0. The Labute approximate surface area is 364 Å². The van der Waals surface area contributed by atoms with Crippen LogP contribution in [0.4, 0.5) is 17.1 Å². The van der Waals surface area contributed by atoms with Crippen molar-refractivity contribution in [3.8, 4) is 45.5 Å². The lowest BCUT2D eigenvalue weighted by Gasteiger charge is -2.26. The Kier molecular flexibility index (Phi) is 8.71. The summed E-state index contributed by atoms with van der Waals surface area (Å²) in [7, 11) is 0. The molecule has 0 N–H and O–H groups in total. The van der Waals surface area contributed by atoms with Crippen molar-refractivity contribution >= 4 is 60.7 Å². The molecular formula is C57H38N6. The normalized spacial score (nSPS) is 11.5. The average molecular weight is 807 g/mol. The Morgan fingerprint density at radius 2 is 0.810 bits per heavy atom. The summed E-state index contributed by atoms with van der Waals surface area (Å²) in [4.78, 5) is 17.8. The van der Waals surface area contributed by atoms with E-state index in [2.05, 4.69) is 184 Å².